The first kappa shape index (κ1) is 14.5. The monoisotopic (exact) mass is 290 g/mol. The Kier molecular flexibility index (Phi) is 4.71. The molecule has 104 valence electrons. The van der Waals surface area contributed by atoms with Crippen LogP contribution in [0.1, 0.15) is 12.5 Å². The third-order valence-electron chi connectivity index (χ3n) is 2.98. The molecule has 0 amide bonds. The van der Waals surface area contributed by atoms with E-state index in [-0.39, 0.29) is 5.69 Å². The summed E-state index contributed by atoms with van der Waals surface area (Å²) >= 11 is 6.28. The minimum absolute atomic E-state index is 0.0651. The van der Waals surface area contributed by atoms with Gasteiger partial charge in [0.1, 0.15) is 0 Å². The molecule has 0 saturated heterocycles. The second-order valence-electron chi connectivity index (χ2n) is 4.40. The molecule has 0 atom stereocenters. The molecule has 4 nitrogen and oxygen atoms in total. The lowest BCUT2D eigenvalue weighted by atomic mass is 10.0. The highest BCUT2D eigenvalue weighted by Gasteiger charge is 2.10. The number of nitrogens with zero attached hydrogens (tertiary/aromatic N) is 1. The third-order valence-corrected chi connectivity index (χ3v) is 3.29. The average Bonchev–Trinajstić information content (AvgIpc) is 2.45. The summed E-state index contributed by atoms with van der Waals surface area (Å²) in [6, 6.07) is 12.2. The number of hydrogen-bond acceptors (Lipinski definition) is 3. The number of rotatable bonds is 5. The fraction of sp³-hybridized carbons (Fsp3) is 0.200. The maximum Gasteiger partial charge on any atom is 0.270 e. The first-order chi connectivity index (χ1) is 9.61. The summed E-state index contributed by atoms with van der Waals surface area (Å²) in [7, 11) is 0. The molecule has 0 saturated carbocycles. The Morgan fingerprint density at radius 2 is 2.05 bits per heavy atom. The SMILES string of the molecule is CCNCc1ccc(-c2cccc([N+](=O)[O-])c2)c(Cl)c1. The number of hydrogen-bond donors (Lipinski definition) is 1. The second-order valence-corrected chi connectivity index (χ2v) is 4.81. The van der Waals surface area contributed by atoms with Crippen LogP contribution in [-0.4, -0.2) is 11.5 Å². The molecule has 0 aliphatic rings. The van der Waals surface area contributed by atoms with Crippen molar-refractivity contribution >= 4 is 17.3 Å². The van der Waals surface area contributed by atoms with Gasteiger partial charge in [-0.15, -0.1) is 0 Å². The summed E-state index contributed by atoms with van der Waals surface area (Å²) in [6.45, 7) is 3.69. The molecule has 2 rings (SSSR count). The molecule has 2 aromatic rings. The highest BCUT2D eigenvalue weighted by atomic mass is 35.5. The molecule has 5 heteroatoms. The number of non-ortho nitro benzene ring substituents is 1. The molecular formula is C15H15ClN2O2. The second kappa shape index (κ2) is 6.50. The molecular weight excluding hydrogens is 276 g/mol. The van der Waals surface area contributed by atoms with Crippen LogP contribution < -0.4 is 5.32 Å². The maximum atomic E-state index is 10.8. The maximum absolute atomic E-state index is 10.8. The van der Waals surface area contributed by atoms with Crippen molar-refractivity contribution in [3.05, 3.63) is 63.2 Å². The lowest BCUT2D eigenvalue weighted by Gasteiger charge is -2.08. The van der Waals surface area contributed by atoms with Crippen LogP contribution in [0.25, 0.3) is 11.1 Å². The van der Waals surface area contributed by atoms with Crippen LogP contribution in [0.4, 0.5) is 5.69 Å². The highest BCUT2D eigenvalue weighted by molar-refractivity contribution is 6.33. The van der Waals surface area contributed by atoms with Gasteiger partial charge in [-0.3, -0.25) is 10.1 Å². The summed E-state index contributed by atoms with van der Waals surface area (Å²) in [5.41, 5.74) is 2.70. The van der Waals surface area contributed by atoms with Gasteiger partial charge in [-0.2, -0.15) is 0 Å². The fourth-order valence-corrected chi connectivity index (χ4v) is 2.27. The Labute approximate surface area is 122 Å². The molecule has 0 aliphatic heterocycles. The van der Waals surface area contributed by atoms with Crippen molar-refractivity contribution in [1.29, 1.82) is 0 Å². The Bertz CT molecular complexity index is 629. The van der Waals surface area contributed by atoms with Crippen LogP contribution >= 0.6 is 11.6 Å². The molecule has 0 spiro atoms. The van der Waals surface area contributed by atoms with Crippen molar-refractivity contribution < 1.29 is 4.92 Å². The van der Waals surface area contributed by atoms with E-state index in [1.54, 1.807) is 6.07 Å². The van der Waals surface area contributed by atoms with Crippen molar-refractivity contribution in [2.45, 2.75) is 13.5 Å². The van der Waals surface area contributed by atoms with Crippen LogP contribution in [0.2, 0.25) is 5.02 Å². The molecule has 0 aliphatic carbocycles. The molecule has 2 aromatic carbocycles. The zero-order valence-corrected chi connectivity index (χ0v) is 11.9. The van der Waals surface area contributed by atoms with Crippen LogP contribution in [0.15, 0.2) is 42.5 Å². The Morgan fingerprint density at radius 3 is 2.70 bits per heavy atom. The normalized spacial score (nSPS) is 10.5. The summed E-state index contributed by atoms with van der Waals surface area (Å²) in [5, 5.41) is 14.6. The zero-order chi connectivity index (χ0) is 14.5. The standard InChI is InChI=1S/C15H15ClN2O2/c1-2-17-10-11-6-7-14(15(16)8-11)12-4-3-5-13(9-12)18(19)20/h3-9,17H,2,10H2,1H3. The number of halogens is 1. The van der Waals surface area contributed by atoms with E-state index >= 15 is 0 Å². The molecule has 0 radical (unpaired) electrons. The van der Waals surface area contributed by atoms with E-state index < -0.39 is 4.92 Å². The molecule has 0 aromatic heterocycles. The van der Waals surface area contributed by atoms with Gasteiger partial charge < -0.3 is 5.32 Å². The van der Waals surface area contributed by atoms with Crippen molar-refractivity contribution in [2.75, 3.05) is 6.54 Å². The number of nitro groups is 1. The van der Waals surface area contributed by atoms with E-state index in [9.17, 15) is 10.1 Å². The fourth-order valence-electron chi connectivity index (χ4n) is 1.96. The van der Waals surface area contributed by atoms with Crippen molar-refractivity contribution in [2.24, 2.45) is 0 Å². The van der Waals surface area contributed by atoms with E-state index in [2.05, 4.69) is 5.32 Å². The van der Waals surface area contributed by atoms with Gasteiger partial charge in [0.2, 0.25) is 0 Å². The van der Waals surface area contributed by atoms with Gasteiger partial charge in [0.15, 0.2) is 0 Å². The molecule has 0 heterocycles. The molecule has 0 fully saturated rings. The van der Waals surface area contributed by atoms with E-state index in [1.807, 2.05) is 31.2 Å². The van der Waals surface area contributed by atoms with Gasteiger partial charge in [-0.05, 0) is 23.7 Å². The third kappa shape index (κ3) is 3.35. The average molecular weight is 291 g/mol. The predicted octanol–water partition coefficient (Wildman–Crippen LogP) is 4.02. The highest BCUT2D eigenvalue weighted by Crippen LogP contribution is 2.30. The first-order valence-electron chi connectivity index (χ1n) is 6.35. The van der Waals surface area contributed by atoms with E-state index in [4.69, 9.17) is 11.6 Å². The molecule has 0 unspecified atom stereocenters. The van der Waals surface area contributed by atoms with Gasteiger partial charge in [0.05, 0.1) is 4.92 Å². The van der Waals surface area contributed by atoms with Gasteiger partial charge in [0.25, 0.3) is 5.69 Å². The van der Waals surface area contributed by atoms with Crippen LogP contribution in [0.3, 0.4) is 0 Å². The summed E-state index contributed by atoms with van der Waals surface area (Å²) < 4.78 is 0. The largest absolute Gasteiger partial charge is 0.313 e. The van der Waals surface area contributed by atoms with E-state index in [1.165, 1.54) is 12.1 Å². The zero-order valence-electron chi connectivity index (χ0n) is 11.1. The van der Waals surface area contributed by atoms with Crippen LogP contribution in [0, 0.1) is 10.1 Å². The quantitative estimate of drug-likeness (QED) is 0.668. The molecule has 1 N–H and O–H groups in total. The Balaban J connectivity index is 2.33. The van der Waals surface area contributed by atoms with Crippen LogP contribution in [0.5, 0.6) is 0 Å². The topological polar surface area (TPSA) is 55.2 Å². The van der Waals surface area contributed by atoms with Crippen LogP contribution in [-0.2, 0) is 6.54 Å². The summed E-state index contributed by atoms with van der Waals surface area (Å²) in [5.74, 6) is 0. The van der Waals surface area contributed by atoms with Gasteiger partial charge in [0, 0.05) is 29.3 Å². The van der Waals surface area contributed by atoms with Crippen molar-refractivity contribution in [1.82, 2.24) is 5.32 Å². The Morgan fingerprint density at radius 1 is 1.25 bits per heavy atom. The smallest absolute Gasteiger partial charge is 0.270 e. The summed E-state index contributed by atoms with van der Waals surface area (Å²) in [6.07, 6.45) is 0. The lowest BCUT2D eigenvalue weighted by molar-refractivity contribution is -0.384. The number of nitrogens with one attached hydrogen (secondary N) is 1. The summed E-state index contributed by atoms with van der Waals surface area (Å²) in [4.78, 5) is 10.4. The lowest BCUT2D eigenvalue weighted by Crippen LogP contribution is -2.11. The van der Waals surface area contributed by atoms with Crippen molar-refractivity contribution in [3.63, 3.8) is 0 Å². The van der Waals surface area contributed by atoms with E-state index in [0.717, 1.165) is 29.8 Å². The molecule has 20 heavy (non-hydrogen) atoms. The van der Waals surface area contributed by atoms with Gasteiger partial charge in [-0.25, -0.2) is 0 Å². The number of nitro benzene ring substituents is 1. The molecule has 0 bridgehead atoms. The van der Waals surface area contributed by atoms with Gasteiger partial charge in [-0.1, -0.05) is 42.8 Å². The first-order valence-corrected chi connectivity index (χ1v) is 6.73. The number of benzene rings is 2. The predicted molar refractivity (Wildman–Crippen MR) is 80.9 cm³/mol. The Hall–Kier alpha value is -1.91. The van der Waals surface area contributed by atoms with Crippen molar-refractivity contribution in [3.8, 4) is 11.1 Å². The minimum atomic E-state index is -0.406. The minimum Gasteiger partial charge on any atom is -0.313 e. The van der Waals surface area contributed by atoms with E-state index in [0.29, 0.717) is 5.02 Å². The van der Waals surface area contributed by atoms with Gasteiger partial charge >= 0.3 is 0 Å².